The van der Waals surface area contributed by atoms with Crippen LogP contribution in [0.4, 0.5) is 11.4 Å². The van der Waals surface area contributed by atoms with Crippen molar-refractivity contribution < 1.29 is 0 Å². The third-order valence-electron chi connectivity index (χ3n) is 2.56. The molecule has 0 saturated carbocycles. The molecule has 4 nitrogen and oxygen atoms in total. The Morgan fingerprint density at radius 2 is 2.29 bits per heavy atom. The van der Waals surface area contributed by atoms with Gasteiger partial charge in [-0.2, -0.15) is 5.10 Å². The molecule has 1 aromatic heterocycles. The molecule has 0 amide bonds. The summed E-state index contributed by atoms with van der Waals surface area (Å²) in [4.78, 5) is 0. The van der Waals surface area contributed by atoms with Gasteiger partial charge in [-0.1, -0.05) is 11.6 Å². The molecule has 0 atom stereocenters. The predicted molar refractivity (Wildman–Crippen MR) is 71.3 cm³/mol. The maximum Gasteiger partial charge on any atom is 0.0656 e. The smallest absolute Gasteiger partial charge is 0.0656 e. The number of hydrogen-bond donors (Lipinski definition) is 2. The number of hydrogen-bond acceptors (Lipinski definition) is 3. The lowest BCUT2D eigenvalue weighted by atomic mass is 10.2. The monoisotopic (exact) mass is 250 g/mol. The van der Waals surface area contributed by atoms with Gasteiger partial charge in [0.1, 0.15) is 0 Å². The SMILES string of the molecule is Cc1cc(N)c(Cl)cc1NCCn1cccn1. The van der Waals surface area contributed by atoms with Crippen LogP contribution in [0.25, 0.3) is 0 Å². The molecule has 3 N–H and O–H groups in total. The minimum Gasteiger partial charge on any atom is -0.398 e. The summed E-state index contributed by atoms with van der Waals surface area (Å²) in [6, 6.07) is 5.64. The number of aryl methyl sites for hydroxylation is 1. The van der Waals surface area contributed by atoms with Gasteiger partial charge in [0.15, 0.2) is 0 Å². The average molecular weight is 251 g/mol. The lowest BCUT2D eigenvalue weighted by Crippen LogP contribution is -2.11. The van der Waals surface area contributed by atoms with Crippen LogP contribution in [-0.4, -0.2) is 16.3 Å². The molecular formula is C12H15ClN4. The molecular weight excluding hydrogens is 236 g/mol. The fraction of sp³-hybridized carbons (Fsp3) is 0.250. The van der Waals surface area contributed by atoms with Crippen LogP contribution in [0.5, 0.6) is 0 Å². The summed E-state index contributed by atoms with van der Waals surface area (Å²) in [5.41, 5.74) is 8.43. The van der Waals surface area contributed by atoms with Crippen molar-refractivity contribution in [3.8, 4) is 0 Å². The van der Waals surface area contributed by atoms with Crippen LogP contribution in [0.2, 0.25) is 5.02 Å². The van der Waals surface area contributed by atoms with Gasteiger partial charge in [0.25, 0.3) is 0 Å². The molecule has 0 unspecified atom stereocenters. The van der Waals surface area contributed by atoms with E-state index in [0.717, 1.165) is 24.3 Å². The first-order valence-corrected chi connectivity index (χ1v) is 5.81. The number of halogens is 1. The van der Waals surface area contributed by atoms with E-state index in [4.69, 9.17) is 17.3 Å². The van der Waals surface area contributed by atoms with E-state index in [1.165, 1.54) is 0 Å². The highest BCUT2D eigenvalue weighted by Gasteiger charge is 2.02. The topological polar surface area (TPSA) is 55.9 Å². The molecule has 0 radical (unpaired) electrons. The number of rotatable bonds is 4. The van der Waals surface area contributed by atoms with Crippen molar-refractivity contribution in [1.29, 1.82) is 0 Å². The van der Waals surface area contributed by atoms with Gasteiger partial charge in [-0.3, -0.25) is 4.68 Å². The zero-order valence-electron chi connectivity index (χ0n) is 9.65. The number of aromatic nitrogens is 2. The van der Waals surface area contributed by atoms with Crippen LogP contribution in [0.15, 0.2) is 30.6 Å². The Hall–Kier alpha value is -1.68. The summed E-state index contributed by atoms with van der Waals surface area (Å²) in [7, 11) is 0. The minimum absolute atomic E-state index is 0.581. The fourth-order valence-corrected chi connectivity index (χ4v) is 1.80. The Morgan fingerprint density at radius 1 is 1.47 bits per heavy atom. The lowest BCUT2D eigenvalue weighted by Gasteiger charge is -2.11. The Balaban J connectivity index is 1.97. The Bertz CT molecular complexity index is 493. The van der Waals surface area contributed by atoms with Crippen LogP contribution in [0.3, 0.4) is 0 Å². The first-order chi connectivity index (χ1) is 8.16. The zero-order chi connectivity index (χ0) is 12.3. The molecule has 90 valence electrons. The van der Waals surface area contributed by atoms with Crippen molar-refractivity contribution in [1.82, 2.24) is 9.78 Å². The molecule has 0 aliphatic heterocycles. The molecule has 0 spiro atoms. The van der Waals surface area contributed by atoms with Crippen LogP contribution in [0, 0.1) is 6.92 Å². The molecule has 1 heterocycles. The van der Waals surface area contributed by atoms with Gasteiger partial charge in [-0.25, -0.2) is 0 Å². The number of nitrogens with one attached hydrogen (secondary N) is 1. The van der Waals surface area contributed by atoms with E-state index >= 15 is 0 Å². The highest BCUT2D eigenvalue weighted by molar-refractivity contribution is 6.33. The largest absolute Gasteiger partial charge is 0.398 e. The summed E-state index contributed by atoms with van der Waals surface area (Å²) in [5, 5.41) is 8.03. The predicted octanol–water partition coefficient (Wildman–Crippen LogP) is 2.54. The Kier molecular flexibility index (Phi) is 3.54. The van der Waals surface area contributed by atoms with Gasteiger partial charge >= 0.3 is 0 Å². The normalized spacial score (nSPS) is 10.5. The second kappa shape index (κ2) is 5.10. The van der Waals surface area contributed by atoms with Crippen molar-refractivity contribution in [3.05, 3.63) is 41.2 Å². The average Bonchev–Trinajstić information content (AvgIpc) is 2.78. The van der Waals surface area contributed by atoms with Gasteiger partial charge in [0, 0.05) is 24.6 Å². The van der Waals surface area contributed by atoms with E-state index in [2.05, 4.69) is 10.4 Å². The van der Waals surface area contributed by atoms with Crippen molar-refractivity contribution in [3.63, 3.8) is 0 Å². The molecule has 0 aliphatic rings. The molecule has 0 bridgehead atoms. The highest BCUT2D eigenvalue weighted by atomic mass is 35.5. The van der Waals surface area contributed by atoms with Gasteiger partial charge in [0.05, 0.1) is 17.3 Å². The molecule has 0 fully saturated rings. The van der Waals surface area contributed by atoms with E-state index in [-0.39, 0.29) is 0 Å². The van der Waals surface area contributed by atoms with Gasteiger partial charge in [0.2, 0.25) is 0 Å². The van der Waals surface area contributed by atoms with Gasteiger partial charge in [-0.15, -0.1) is 0 Å². The Labute approximate surface area is 105 Å². The number of nitrogens with two attached hydrogens (primary N) is 1. The van der Waals surface area contributed by atoms with Crippen molar-refractivity contribution in [2.75, 3.05) is 17.6 Å². The number of benzene rings is 1. The molecule has 2 rings (SSSR count). The second-order valence-corrected chi connectivity index (χ2v) is 4.29. The summed E-state index contributed by atoms with van der Waals surface area (Å²) in [5.74, 6) is 0. The summed E-state index contributed by atoms with van der Waals surface area (Å²) in [6.07, 6.45) is 3.70. The zero-order valence-corrected chi connectivity index (χ0v) is 10.4. The van der Waals surface area contributed by atoms with Crippen molar-refractivity contribution >= 4 is 23.0 Å². The molecule has 17 heavy (non-hydrogen) atoms. The van der Waals surface area contributed by atoms with E-state index in [1.807, 2.05) is 36.0 Å². The van der Waals surface area contributed by atoms with E-state index in [0.29, 0.717) is 10.7 Å². The van der Waals surface area contributed by atoms with Crippen molar-refractivity contribution in [2.24, 2.45) is 0 Å². The van der Waals surface area contributed by atoms with Crippen LogP contribution in [-0.2, 0) is 6.54 Å². The highest BCUT2D eigenvalue weighted by Crippen LogP contribution is 2.26. The van der Waals surface area contributed by atoms with Gasteiger partial charge in [-0.05, 0) is 30.7 Å². The quantitative estimate of drug-likeness (QED) is 0.820. The molecule has 0 saturated heterocycles. The summed E-state index contributed by atoms with van der Waals surface area (Å²) < 4.78 is 1.88. The maximum absolute atomic E-state index is 5.98. The maximum atomic E-state index is 5.98. The van der Waals surface area contributed by atoms with Crippen molar-refractivity contribution in [2.45, 2.75) is 13.5 Å². The second-order valence-electron chi connectivity index (χ2n) is 3.88. The third kappa shape index (κ3) is 2.91. The van der Waals surface area contributed by atoms with Crippen LogP contribution < -0.4 is 11.1 Å². The van der Waals surface area contributed by atoms with E-state index < -0.39 is 0 Å². The van der Waals surface area contributed by atoms with Crippen LogP contribution in [0.1, 0.15) is 5.56 Å². The number of anilines is 2. The minimum atomic E-state index is 0.581. The lowest BCUT2D eigenvalue weighted by molar-refractivity contribution is 0.638. The first kappa shape index (κ1) is 11.8. The third-order valence-corrected chi connectivity index (χ3v) is 2.89. The fourth-order valence-electron chi connectivity index (χ4n) is 1.63. The molecule has 5 heteroatoms. The number of nitrogen functional groups attached to an aromatic ring is 1. The molecule has 0 aliphatic carbocycles. The van der Waals surface area contributed by atoms with Gasteiger partial charge < -0.3 is 11.1 Å². The Morgan fingerprint density at radius 3 is 3.00 bits per heavy atom. The van der Waals surface area contributed by atoms with Crippen LogP contribution >= 0.6 is 11.6 Å². The molecule has 2 aromatic rings. The van der Waals surface area contributed by atoms with E-state index in [1.54, 1.807) is 6.20 Å². The standard InChI is InChI=1S/C12H15ClN4/c1-9-7-11(14)10(13)8-12(9)15-4-6-17-5-2-3-16-17/h2-3,5,7-8,15H,4,6,14H2,1H3. The first-order valence-electron chi connectivity index (χ1n) is 5.44. The summed E-state index contributed by atoms with van der Waals surface area (Å²) in [6.45, 7) is 3.61. The van der Waals surface area contributed by atoms with E-state index in [9.17, 15) is 0 Å². The summed E-state index contributed by atoms with van der Waals surface area (Å²) >= 11 is 5.98. The molecule has 1 aromatic carbocycles. The number of nitrogens with zero attached hydrogens (tertiary/aromatic N) is 2.